The van der Waals surface area contributed by atoms with Crippen molar-refractivity contribution >= 4 is 35.4 Å². The normalized spacial score (nSPS) is 20.2. The van der Waals surface area contributed by atoms with Gasteiger partial charge in [0, 0.05) is 49.9 Å². The Labute approximate surface area is 305 Å². The second kappa shape index (κ2) is 16.5. The number of carboxylic acids is 1. The molecule has 6 rings (SSSR count). The highest BCUT2D eigenvalue weighted by atomic mass is 16.7. The van der Waals surface area contributed by atoms with Gasteiger partial charge >= 0.3 is 12.1 Å². The number of aliphatic hydroxyl groups excluding tert-OH is 1. The van der Waals surface area contributed by atoms with Crippen molar-refractivity contribution in [2.24, 2.45) is 4.99 Å². The topological polar surface area (TPSA) is 175 Å². The minimum Gasteiger partial charge on any atom is -0.497 e. The van der Waals surface area contributed by atoms with Crippen LogP contribution >= 0.6 is 0 Å². The summed E-state index contributed by atoms with van der Waals surface area (Å²) >= 11 is 0. The summed E-state index contributed by atoms with van der Waals surface area (Å²) in [5.41, 5.74) is 4.20. The van der Waals surface area contributed by atoms with E-state index in [-0.39, 0.29) is 56.0 Å². The number of rotatable bonds is 13. The van der Waals surface area contributed by atoms with E-state index in [2.05, 4.69) is 16.2 Å². The van der Waals surface area contributed by atoms with E-state index in [1.807, 2.05) is 30.5 Å². The second-order valence-electron chi connectivity index (χ2n) is 12.5. The van der Waals surface area contributed by atoms with Crippen molar-refractivity contribution in [2.45, 2.75) is 56.8 Å². The van der Waals surface area contributed by atoms with Gasteiger partial charge in [0.05, 0.1) is 37.6 Å². The molecule has 1 fully saturated rings. The van der Waals surface area contributed by atoms with Crippen molar-refractivity contribution in [2.75, 3.05) is 27.4 Å². The molecule has 1 saturated heterocycles. The smallest absolute Gasteiger partial charge is 0.407 e. The van der Waals surface area contributed by atoms with Gasteiger partial charge in [-0.05, 0) is 59.5 Å². The molecule has 0 radical (unpaired) electrons. The molecule has 14 heteroatoms. The largest absolute Gasteiger partial charge is 0.497 e. The molecule has 0 aliphatic carbocycles. The second-order valence-corrected chi connectivity index (χ2v) is 12.5. The number of methoxy groups -OCH3 is 2. The number of benzene rings is 3. The van der Waals surface area contributed by atoms with Gasteiger partial charge in [0.1, 0.15) is 36.2 Å². The number of carbonyl (C=O) groups is 3. The van der Waals surface area contributed by atoms with Gasteiger partial charge in [0.2, 0.25) is 6.29 Å². The minimum atomic E-state index is -1.20. The fourth-order valence-corrected chi connectivity index (χ4v) is 6.27. The molecule has 2 amide bonds. The van der Waals surface area contributed by atoms with E-state index in [1.54, 1.807) is 42.5 Å². The molecule has 3 aromatic carbocycles. The highest BCUT2D eigenvalue weighted by Crippen LogP contribution is 2.37. The van der Waals surface area contributed by atoms with Crippen LogP contribution in [0.1, 0.15) is 46.3 Å². The Bertz CT molecular complexity index is 1950. The monoisotopic (exact) mass is 725 g/mol. The lowest BCUT2D eigenvalue weighted by molar-refractivity contribution is -0.195. The lowest BCUT2D eigenvalue weighted by Gasteiger charge is -2.31. The van der Waals surface area contributed by atoms with Crippen molar-refractivity contribution in [1.82, 2.24) is 10.2 Å². The highest BCUT2D eigenvalue weighted by molar-refractivity contribution is 6.05. The molecule has 3 aliphatic rings. The Morgan fingerprint density at radius 1 is 1.04 bits per heavy atom. The number of ether oxygens (including phenoxy) is 6. The maximum absolute atomic E-state index is 13.7. The first kappa shape index (κ1) is 36.7. The maximum Gasteiger partial charge on any atom is 0.407 e. The van der Waals surface area contributed by atoms with Crippen LogP contribution in [0.15, 0.2) is 65.8 Å². The molecule has 3 N–H and O–H groups in total. The summed E-state index contributed by atoms with van der Waals surface area (Å²) in [5, 5.41) is 22.1. The van der Waals surface area contributed by atoms with Gasteiger partial charge in [0.15, 0.2) is 6.10 Å². The van der Waals surface area contributed by atoms with Crippen LogP contribution in [0, 0.1) is 12.3 Å². The van der Waals surface area contributed by atoms with E-state index in [4.69, 9.17) is 34.8 Å². The van der Waals surface area contributed by atoms with Crippen LogP contribution in [-0.4, -0.2) is 91.2 Å². The summed E-state index contributed by atoms with van der Waals surface area (Å²) in [6, 6.07) is 15.7. The Morgan fingerprint density at radius 3 is 2.57 bits per heavy atom. The molecule has 3 heterocycles. The molecule has 3 aromatic rings. The number of hydrogen-bond donors (Lipinski definition) is 3. The zero-order valence-electron chi connectivity index (χ0n) is 29.2. The first-order valence-electron chi connectivity index (χ1n) is 16.9. The summed E-state index contributed by atoms with van der Waals surface area (Å²) in [6.45, 7) is -0.0239. The number of nitrogens with one attached hydrogen (secondary N) is 1. The predicted octanol–water partition coefficient (Wildman–Crippen LogP) is 4.49. The third-order valence-corrected chi connectivity index (χ3v) is 8.97. The van der Waals surface area contributed by atoms with Gasteiger partial charge in [0.25, 0.3) is 5.91 Å². The van der Waals surface area contributed by atoms with Crippen LogP contribution in [0.25, 0.3) is 5.57 Å². The number of aliphatic carboxylic acids is 1. The zero-order chi connectivity index (χ0) is 37.5. The number of carboxylic acid groups (broad SMARTS) is 1. The minimum absolute atomic E-state index is 0.0361. The number of alkyl carbamates (subject to hydrolysis) is 1. The average Bonchev–Trinajstić information content (AvgIpc) is 3.54. The van der Waals surface area contributed by atoms with E-state index in [1.165, 1.54) is 13.2 Å². The number of terminal acetylenes is 1. The van der Waals surface area contributed by atoms with Gasteiger partial charge in [-0.3, -0.25) is 9.79 Å². The van der Waals surface area contributed by atoms with Crippen molar-refractivity contribution < 1.29 is 53.0 Å². The van der Waals surface area contributed by atoms with Crippen molar-refractivity contribution in [3.8, 4) is 35.3 Å². The maximum atomic E-state index is 13.7. The molecule has 0 aromatic heterocycles. The number of aliphatic hydroxyl groups is 1. The van der Waals surface area contributed by atoms with Crippen LogP contribution in [0.3, 0.4) is 0 Å². The lowest BCUT2D eigenvalue weighted by Crippen LogP contribution is -2.42. The number of amides is 2. The average molecular weight is 726 g/mol. The van der Waals surface area contributed by atoms with E-state index in [0.717, 1.165) is 22.4 Å². The SMILES string of the molecule is C#CCOc1cc(OC2CC(O)CC(C(=O)O)O2)ccc1COC(=O)NCCc1cc2c(cc1OC)C(=O)N1C=C(c3ccc(OC)cc3)CC1C=N2. The van der Waals surface area contributed by atoms with Crippen LogP contribution in [0.2, 0.25) is 0 Å². The van der Waals surface area contributed by atoms with E-state index in [0.29, 0.717) is 35.4 Å². The number of fused-ring (bicyclic) bond motifs is 2. The number of aliphatic imine (C=N–C) groups is 1. The third-order valence-electron chi connectivity index (χ3n) is 8.97. The van der Waals surface area contributed by atoms with Crippen LogP contribution in [0.4, 0.5) is 10.5 Å². The Hall–Kier alpha value is -6.04. The van der Waals surface area contributed by atoms with Crippen LogP contribution < -0.4 is 24.3 Å². The van der Waals surface area contributed by atoms with Crippen LogP contribution in [0.5, 0.6) is 23.0 Å². The lowest BCUT2D eigenvalue weighted by atomic mass is 10.0. The van der Waals surface area contributed by atoms with Crippen molar-refractivity contribution in [3.05, 3.63) is 83.1 Å². The molecule has 4 unspecified atom stereocenters. The van der Waals surface area contributed by atoms with E-state index in [9.17, 15) is 24.6 Å². The molecular formula is C39H39N3O11. The van der Waals surface area contributed by atoms with Crippen LogP contribution in [-0.2, 0) is 27.3 Å². The molecule has 3 aliphatic heterocycles. The summed E-state index contributed by atoms with van der Waals surface area (Å²) in [6.07, 6.45) is 6.30. The van der Waals surface area contributed by atoms with Gasteiger partial charge in [-0.1, -0.05) is 18.1 Å². The molecule has 53 heavy (non-hydrogen) atoms. The molecule has 4 atom stereocenters. The molecular weight excluding hydrogens is 686 g/mol. The number of carbonyl (C=O) groups excluding carboxylic acids is 2. The summed E-state index contributed by atoms with van der Waals surface area (Å²) < 4.78 is 33.2. The predicted molar refractivity (Wildman–Crippen MR) is 192 cm³/mol. The first-order valence-corrected chi connectivity index (χ1v) is 16.9. The van der Waals surface area contributed by atoms with E-state index >= 15 is 0 Å². The van der Waals surface area contributed by atoms with Crippen molar-refractivity contribution in [3.63, 3.8) is 0 Å². The summed E-state index contributed by atoms with van der Waals surface area (Å²) in [5.74, 6) is 2.82. The fraction of sp³-hybridized carbons (Fsp3) is 0.333. The Balaban J connectivity index is 1.05. The number of nitrogens with zero attached hydrogens (tertiary/aromatic N) is 2. The summed E-state index contributed by atoms with van der Waals surface area (Å²) in [4.78, 5) is 44.1. The highest BCUT2D eigenvalue weighted by Gasteiger charge is 2.35. The fourth-order valence-electron chi connectivity index (χ4n) is 6.27. The zero-order valence-corrected chi connectivity index (χ0v) is 29.2. The first-order chi connectivity index (χ1) is 25.6. The number of hydrogen-bond acceptors (Lipinski definition) is 11. The molecule has 0 bridgehead atoms. The van der Waals surface area contributed by atoms with Gasteiger partial charge in [-0.2, -0.15) is 0 Å². The summed E-state index contributed by atoms with van der Waals surface area (Å²) in [7, 11) is 3.14. The van der Waals surface area contributed by atoms with E-state index < -0.39 is 30.6 Å². The standard InChI is InChI=1S/C39H39N3O11/c1-4-13-50-34-18-30(52-36-17-28(43)16-35(53-36)38(45)46)10-7-25(34)22-51-39(47)40-12-11-24-15-32-31(19-33(24)49-3)37(44)42-21-26(14-27(42)20-41-32)23-5-8-29(48-2)9-6-23/h1,5-10,15,18-21,27-28,35-36,43H,11-14,16-17,22H2,2-3H3,(H,40,47)(H,45,46). The molecule has 0 spiro atoms. The van der Waals surface area contributed by atoms with Gasteiger partial charge in [-0.15, -0.1) is 6.42 Å². The Morgan fingerprint density at radius 2 is 1.83 bits per heavy atom. The third kappa shape index (κ3) is 8.71. The molecule has 276 valence electrons. The Kier molecular flexibility index (Phi) is 11.5. The quantitative estimate of drug-likeness (QED) is 0.212. The molecule has 0 saturated carbocycles. The van der Waals surface area contributed by atoms with Crippen molar-refractivity contribution in [1.29, 1.82) is 0 Å². The van der Waals surface area contributed by atoms with Gasteiger partial charge in [-0.25, -0.2) is 9.59 Å². The van der Waals surface area contributed by atoms with Gasteiger partial charge < -0.3 is 48.9 Å². The molecule has 14 nitrogen and oxygen atoms in total.